The second kappa shape index (κ2) is 6.79. The Morgan fingerprint density at radius 2 is 1.92 bits per heavy atom. The number of carbonyl (C=O) groups excluding carboxylic acids is 1. The maximum absolute atomic E-state index is 11.8. The van der Waals surface area contributed by atoms with E-state index in [1.54, 1.807) is 0 Å². The fourth-order valence-electron chi connectivity index (χ4n) is 1.12. The molecule has 1 rings (SSSR count). The third kappa shape index (κ3) is 4.98. The van der Waals surface area contributed by atoms with Crippen LogP contribution in [-0.4, -0.2) is 43.4 Å². The first-order chi connectivity index (χ1) is 5.70. The number of hydrogen-bond donors (Lipinski definition) is 0. The van der Waals surface area contributed by atoms with Crippen LogP contribution in [0.1, 0.15) is 6.42 Å². The number of halogens is 2. The molecule has 1 aliphatic rings. The smallest absolute Gasteiger partial charge is 0.247 e. The fourth-order valence-corrected chi connectivity index (χ4v) is 1.12. The molecule has 0 aromatic carbocycles. The predicted octanol–water partition coefficient (Wildman–Crippen LogP) is 0.855. The number of alkyl halides is 2. The molecule has 1 saturated heterocycles. The van der Waals surface area contributed by atoms with Gasteiger partial charge in [0, 0.05) is 45.8 Å². The molecule has 0 aliphatic carbocycles. The van der Waals surface area contributed by atoms with E-state index in [1.165, 1.54) is 4.90 Å². The zero-order chi connectivity index (χ0) is 8.97. The minimum atomic E-state index is -2.53. The normalized spacial score (nSPS) is 17.0. The minimum absolute atomic E-state index is 0. The Morgan fingerprint density at radius 1 is 1.38 bits per heavy atom. The Bertz CT molecular complexity index is 163. The third-order valence-corrected chi connectivity index (χ3v) is 1.74. The first kappa shape index (κ1) is 13.4. The van der Waals surface area contributed by atoms with E-state index in [0.29, 0.717) is 26.2 Å². The Labute approximate surface area is 101 Å². The summed E-state index contributed by atoms with van der Waals surface area (Å²) in [5.41, 5.74) is 0. The van der Waals surface area contributed by atoms with E-state index in [0.717, 1.165) is 0 Å². The number of piperazine rings is 1. The van der Waals surface area contributed by atoms with Gasteiger partial charge in [0.2, 0.25) is 12.3 Å². The molecule has 0 aromatic heterocycles. The molecule has 0 unspecified atom stereocenters. The summed E-state index contributed by atoms with van der Waals surface area (Å²) >= 11 is 0. The molecule has 73 valence electrons. The fraction of sp³-hybridized carbons (Fsp3) is 0.857. The Morgan fingerprint density at radius 3 is 2.38 bits per heavy atom. The summed E-state index contributed by atoms with van der Waals surface area (Å²) < 4.78 is 23.5. The van der Waals surface area contributed by atoms with Crippen molar-refractivity contribution in [2.24, 2.45) is 0 Å². The molecule has 13 heavy (non-hydrogen) atoms. The molecular weight excluding hydrogens is 255 g/mol. The standard InChI is InChI=1S/C7H11F2N2O.Y/c8-6(9)5-7(12)11-3-1-10-2-4-11;/h6H,1-5H2;/q-1;. The van der Waals surface area contributed by atoms with Gasteiger partial charge in [-0.3, -0.25) is 4.79 Å². The Balaban J connectivity index is 0.00000144. The molecule has 0 N–H and O–H groups in total. The van der Waals surface area contributed by atoms with Gasteiger partial charge in [-0.25, -0.2) is 8.78 Å². The maximum atomic E-state index is 11.8. The van der Waals surface area contributed by atoms with Crippen molar-refractivity contribution >= 4 is 5.91 Å². The van der Waals surface area contributed by atoms with E-state index in [2.05, 4.69) is 5.32 Å². The van der Waals surface area contributed by atoms with Gasteiger partial charge in [-0.15, -0.1) is 13.1 Å². The van der Waals surface area contributed by atoms with Crippen LogP contribution in [0.4, 0.5) is 8.78 Å². The monoisotopic (exact) mass is 266 g/mol. The zero-order valence-electron chi connectivity index (χ0n) is 7.25. The molecule has 1 fully saturated rings. The number of rotatable bonds is 2. The third-order valence-electron chi connectivity index (χ3n) is 1.74. The van der Waals surface area contributed by atoms with Crippen molar-refractivity contribution in [2.45, 2.75) is 12.8 Å². The predicted molar refractivity (Wildman–Crippen MR) is 40.3 cm³/mol. The van der Waals surface area contributed by atoms with Crippen molar-refractivity contribution in [1.29, 1.82) is 0 Å². The van der Waals surface area contributed by atoms with E-state index in [9.17, 15) is 13.6 Å². The average molecular weight is 266 g/mol. The molecule has 0 bridgehead atoms. The first-order valence-corrected chi connectivity index (χ1v) is 3.89. The molecule has 1 radical (unpaired) electrons. The van der Waals surface area contributed by atoms with Crippen molar-refractivity contribution in [3.63, 3.8) is 0 Å². The van der Waals surface area contributed by atoms with Crippen molar-refractivity contribution in [2.75, 3.05) is 26.2 Å². The van der Waals surface area contributed by atoms with Crippen LogP contribution in [0.5, 0.6) is 0 Å². The van der Waals surface area contributed by atoms with Crippen LogP contribution in [0.15, 0.2) is 0 Å². The minimum Gasteiger partial charge on any atom is -0.659 e. The van der Waals surface area contributed by atoms with Crippen LogP contribution in [0.3, 0.4) is 0 Å². The molecule has 0 atom stereocenters. The quantitative estimate of drug-likeness (QED) is 0.729. The summed E-state index contributed by atoms with van der Waals surface area (Å²) in [6.45, 7) is 2.14. The Hall–Kier alpha value is 0.394. The van der Waals surface area contributed by atoms with E-state index >= 15 is 0 Å². The van der Waals surface area contributed by atoms with Gasteiger partial charge in [0.1, 0.15) is 0 Å². The second-order valence-electron chi connectivity index (χ2n) is 2.65. The van der Waals surface area contributed by atoms with Crippen molar-refractivity contribution in [3.05, 3.63) is 5.32 Å². The first-order valence-electron chi connectivity index (χ1n) is 3.89. The SMILES string of the molecule is O=C(CC(F)F)N1CC[N-]CC1.[Y]. The van der Waals surface area contributed by atoms with Gasteiger partial charge in [0.05, 0.1) is 6.42 Å². The number of amides is 1. The number of nitrogens with zero attached hydrogens (tertiary/aromatic N) is 2. The van der Waals surface area contributed by atoms with Gasteiger partial charge in [-0.05, 0) is 0 Å². The largest absolute Gasteiger partial charge is 0.659 e. The van der Waals surface area contributed by atoms with E-state index in [1.807, 2.05) is 0 Å². The summed E-state index contributed by atoms with van der Waals surface area (Å²) in [4.78, 5) is 12.5. The molecule has 0 spiro atoms. The number of carbonyl (C=O) groups is 1. The second-order valence-corrected chi connectivity index (χ2v) is 2.65. The molecule has 0 saturated carbocycles. The van der Waals surface area contributed by atoms with E-state index < -0.39 is 18.8 Å². The average Bonchev–Trinajstić information content (AvgIpc) is 2.05. The molecule has 1 aliphatic heterocycles. The molecule has 1 heterocycles. The van der Waals surface area contributed by atoms with E-state index in [4.69, 9.17) is 0 Å². The van der Waals surface area contributed by atoms with Crippen LogP contribution < -0.4 is 0 Å². The van der Waals surface area contributed by atoms with Gasteiger partial charge in [0.15, 0.2) is 0 Å². The zero-order valence-corrected chi connectivity index (χ0v) is 10.1. The van der Waals surface area contributed by atoms with Gasteiger partial charge in [-0.2, -0.15) is 0 Å². The molecule has 6 heteroatoms. The van der Waals surface area contributed by atoms with Gasteiger partial charge >= 0.3 is 0 Å². The molecule has 1 amide bonds. The molecular formula is C7H11F2N2OY-. The number of hydrogen-bond acceptors (Lipinski definition) is 1. The summed E-state index contributed by atoms with van der Waals surface area (Å²) in [6.07, 6.45) is -3.18. The molecule has 3 nitrogen and oxygen atoms in total. The van der Waals surface area contributed by atoms with Crippen molar-refractivity contribution in [1.82, 2.24) is 4.90 Å². The Kier molecular flexibility index (Phi) is 7.00. The topological polar surface area (TPSA) is 34.4 Å². The van der Waals surface area contributed by atoms with Gasteiger partial charge in [0.25, 0.3) is 0 Å². The maximum Gasteiger partial charge on any atom is 0.247 e. The van der Waals surface area contributed by atoms with Crippen LogP contribution in [0.25, 0.3) is 5.32 Å². The van der Waals surface area contributed by atoms with Crippen LogP contribution in [-0.2, 0) is 37.5 Å². The van der Waals surface area contributed by atoms with Crippen molar-refractivity contribution in [3.8, 4) is 0 Å². The van der Waals surface area contributed by atoms with Crippen molar-refractivity contribution < 1.29 is 46.3 Å². The summed E-state index contributed by atoms with van der Waals surface area (Å²) in [5, 5.41) is 4.01. The molecule has 0 aromatic rings. The summed E-state index contributed by atoms with van der Waals surface area (Å²) in [6, 6.07) is 0. The van der Waals surface area contributed by atoms with Crippen LogP contribution in [0, 0.1) is 0 Å². The summed E-state index contributed by atoms with van der Waals surface area (Å²) in [5.74, 6) is -0.458. The van der Waals surface area contributed by atoms with Gasteiger partial charge in [-0.1, -0.05) is 0 Å². The van der Waals surface area contributed by atoms with Gasteiger partial charge < -0.3 is 10.2 Å². The van der Waals surface area contributed by atoms with Crippen LogP contribution in [0.2, 0.25) is 0 Å². The van der Waals surface area contributed by atoms with Crippen LogP contribution >= 0.6 is 0 Å². The van der Waals surface area contributed by atoms with E-state index in [-0.39, 0.29) is 32.7 Å². The summed E-state index contributed by atoms with van der Waals surface area (Å²) in [7, 11) is 0.